The summed E-state index contributed by atoms with van der Waals surface area (Å²) in [6.07, 6.45) is 4.99. The van der Waals surface area contributed by atoms with Crippen LogP contribution in [0.5, 0.6) is 0 Å². The molecule has 1 aromatic heterocycles. The molecule has 0 saturated heterocycles. The van der Waals surface area contributed by atoms with E-state index in [2.05, 4.69) is 9.82 Å². The number of hydrogen-bond donors (Lipinski definition) is 1. The van der Waals surface area contributed by atoms with Crippen LogP contribution in [0.3, 0.4) is 0 Å². The highest BCUT2D eigenvalue weighted by Gasteiger charge is 2.24. The Morgan fingerprint density at radius 3 is 2.71 bits per heavy atom. The number of amides is 1. The topological polar surface area (TPSA) is 98.1 Å². The Kier molecular flexibility index (Phi) is 4.66. The van der Waals surface area contributed by atoms with Gasteiger partial charge in [0.05, 0.1) is 17.5 Å². The lowest BCUT2D eigenvalue weighted by Crippen LogP contribution is -2.37. The third-order valence-corrected chi connectivity index (χ3v) is 5.70. The Morgan fingerprint density at radius 2 is 1.96 bits per heavy atom. The van der Waals surface area contributed by atoms with Gasteiger partial charge >= 0.3 is 0 Å². The number of sulfonamides is 1. The lowest BCUT2D eigenvalue weighted by molar-refractivity contribution is -0.120. The number of hydrogen-bond acceptors (Lipinski definition) is 5. The van der Waals surface area contributed by atoms with Crippen molar-refractivity contribution in [3.05, 3.63) is 40.7 Å². The minimum Gasteiger partial charge on any atom is -0.287 e. The maximum absolute atomic E-state index is 12.1. The van der Waals surface area contributed by atoms with Crippen molar-refractivity contribution >= 4 is 26.8 Å². The number of rotatable bonds is 5. The maximum Gasteiger partial charge on any atom is 0.255 e. The smallest absolute Gasteiger partial charge is 0.255 e. The largest absolute Gasteiger partial charge is 0.287 e. The Morgan fingerprint density at radius 1 is 1.25 bits per heavy atom. The molecular weight excluding hydrogens is 330 g/mol. The lowest BCUT2D eigenvalue weighted by atomic mass is 10.1. The second-order valence-corrected chi connectivity index (χ2v) is 7.91. The summed E-state index contributed by atoms with van der Waals surface area (Å²) in [6, 6.07) is 6.77. The van der Waals surface area contributed by atoms with Crippen molar-refractivity contribution in [2.75, 3.05) is 5.75 Å². The molecule has 0 atom stereocenters. The first-order valence-corrected chi connectivity index (χ1v) is 9.58. The quantitative estimate of drug-likeness (QED) is 0.869. The first-order valence-electron chi connectivity index (χ1n) is 7.93. The molecule has 24 heavy (non-hydrogen) atoms. The fraction of sp³-hybridized carbons (Fsp3) is 0.438. The molecule has 7 nitrogen and oxygen atoms in total. The van der Waals surface area contributed by atoms with E-state index in [-0.39, 0.29) is 23.6 Å². The number of carbonyl (C=O) groups excluding carboxylic acids is 1. The summed E-state index contributed by atoms with van der Waals surface area (Å²) in [5, 5.41) is 4.37. The number of nitrogens with one attached hydrogen (secondary N) is 1. The Hall–Kier alpha value is -2.22. The molecule has 0 bridgehead atoms. The number of aromatic nitrogens is 2. The van der Waals surface area contributed by atoms with Gasteiger partial charge in [0, 0.05) is 5.39 Å². The van der Waals surface area contributed by atoms with Crippen LogP contribution in [0.25, 0.3) is 10.9 Å². The van der Waals surface area contributed by atoms with Crippen molar-refractivity contribution in [2.45, 2.75) is 32.2 Å². The number of carbonyl (C=O) groups is 1. The van der Waals surface area contributed by atoms with Crippen molar-refractivity contribution in [1.29, 1.82) is 0 Å². The number of fused-ring (bicyclic) bond motifs is 1. The lowest BCUT2D eigenvalue weighted by Gasteiger charge is -2.12. The van der Waals surface area contributed by atoms with Crippen LogP contribution in [0.1, 0.15) is 25.7 Å². The summed E-state index contributed by atoms with van der Waals surface area (Å²) in [5.74, 6) is -0.548. The second-order valence-electron chi connectivity index (χ2n) is 6.14. The zero-order chi connectivity index (χ0) is 17.2. The normalized spacial score (nSPS) is 15.7. The zero-order valence-corrected chi connectivity index (χ0v) is 14.0. The van der Waals surface area contributed by atoms with E-state index in [4.69, 9.17) is 0 Å². The zero-order valence-electron chi connectivity index (χ0n) is 13.1. The Bertz CT molecular complexity index is 914. The van der Waals surface area contributed by atoms with Gasteiger partial charge in [-0.25, -0.2) is 8.42 Å². The molecule has 1 aromatic carbocycles. The van der Waals surface area contributed by atoms with E-state index < -0.39 is 15.9 Å². The molecule has 1 saturated carbocycles. The summed E-state index contributed by atoms with van der Waals surface area (Å²) in [5.41, 5.74) is 0.254. The second kappa shape index (κ2) is 6.72. The first-order chi connectivity index (χ1) is 11.4. The average molecular weight is 349 g/mol. The van der Waals surface area contributed by atoms with Gasteiger partial charge in [0.15, 0.2) is 0 Å². The number of para-hydroxylation sites is 1. The van der Waals surface area contributed by atoms with Crippen LogP contribution in [-0.4, -0.2) is 29.9 Å². The summed E-state index contributed by atoms with van der Waals surface area (Å²) in [6.45, 7) is -0.259. The molecule has 0 aliphatic heterocycles. The van der Waals surface area contributed by atoms with Gasteiger partial charge < -0.3 is 0 Å². The molecule has 2 aromatic rings. The van der Waals surface area contributed by atoms with Crippen LogP contribution in [0.2, 0.25) is 0 Å². The summed E-state index contributed by atoms with van der Waals surface area (Å²) < 4.78 is 27.6. The van der Waals surface area contributed by atoms with Gasteiger partial charge in [-0.2, -0.15) is 5.10 Å². The minimum atomic E-state index is -3.65. The van der Waals surface area contributed by atoms with E-state index >= 15 is 0 Å². The van der Waals surface area contributed by atoms with Crippen LogP contribution in [-0.2, 0) is 21.4 Å². The van der Waals surface area contributed by atoms with Crippen molar-refractivity contribution in [2.24, 2.45) is 5.92 Å². The van der Waals surface area contributed by atoms with Crippen LogP contribution in [0.15, 0.2) is 35.3 Å². The number of nitrogens with zero attached hydrogens (tertiary/aromatic N) is 2. The standard InChI is InChI=1S/C16H19N3O4S/c20-15-9-17-19(14-8-4-3-7-13(14)15)10-16(21)18-24(22,23)11-12-5-1-2-6-12/h3-4,7-9,12H,1-2,5-6,10-11H2,(H,18,21). The third kappa shape index (κ3) is 3.81. The van der Waals surface area contributed by atoms with Gasteiger partial charge in [-0.15, -0.1) is 0 Å². The van der Waals surface area contributed by atoms with E-state index in [0.717, 1.165) is 31.9 Å². The van der Waals surface area contributed by atoms with Crippen molar-refractivity contribution in [1.82, 2.24) is 14.5 Å². The molecule has 1 amide bonds. The number of benzene rings is 1. The van der Waals surface area contributed by atoms with Crippen molar-refractivity contribution in [3.8, 4) is 0 Å². The molecule has 0 radical (unpaired) electrons. The molecule has 1 aliphatic carbocycles. The molecule has 0 unspecified atom stereocenters. The highest BCUT2D eigenvalue weighted by atomic mass is 32.2. The first kappa shape index (κ1) is 16.6. The van der Waals surface area contributed by atoms with Crippen molar-refractivity contribution < 1.29 is 13.2 Å². The predicted octanol–water partition coefficient (Wildman–Crippen LogP) is 1.03. The van der Waals surface area contributed by atoms with Crippen LogP contribution < -0.4 is 10.2 Å². The summed E-state index contributed by atoms with van der Waals surface area (Å²) >= 11 is 0. The van der Waals surface area contributed by atoms with E-state index in [1.54, 1.807) is 24.3 Å². The van der Waals surface area contributed by atoms with Crippen LogP contribution in [0, 0.1) is 5.92 Å². The van der Waals surface area contributed by atoms with Gasteiger partial charge in [-0.05, 0) is 30.9 Å². The third-order valence-electron chi connectivity index (χ3n) is 4.25. The molecule has 1 fully saturated rings. The monoisotopic (exact) mass is 349 g/mol. The maximum atomic E-state index is 12.1. The van der Waals surface area contributed by atoms with Gasteiger partial charge in [0.1, 0.15) is 6.54 Å². The molecule has 8 heteroatoms. The van der Waals surface area contributed by atoms with E-state index in [0.29, 0.717) is 10.9 Å². The van der Waals surface area contributed by atoms with E-state index in [9.17, 15) is 18.0 Å². The van der Waals surface area contributed by atoms with Crippen LogP contribution in [0.4, 0.5) is 0 Å². The molecule has 1 aliphatic rings. The fourth-order valence-corrected chi connectivity index (χ4v) is 4.61. The highest BCUT2D eigenvalue weighted by molar-refractivity contribution is 7.90. The summed E-state index contributed by atoms with van der Waals surface area (Å²) in [4.78, 5) is 23.9. The van der Waals surface area contributed by atoms with Gasteiger partial charge in [0.25, 0.3) is 5.91 Å². The Labute approximate surface area is 139 Å². The average Bonchev–Trinajstić information content (AvgIpc) is 3.02. The molecule has 1 N–H and O–H groups in total. The molecule has 3 rings (SSSR count). The van der Waals surface area contributed by atoms with Crippen molar-refractivity contribution in [3.63, 3.8) is 0 Å². The van der Waals surface area contributed by atoms with Gasteiger partial charge in [-0.1, -0.05) is 25.0 Å². The van der Waals surface area contributed by atoms with E-state index in [1.165, 1.54) is 4.68 Å². The highest BCUT2D eigenvalue weighted by Crippen LogP contribution is 2.25. The SMILES string of the molecule is O=C(Cn1ncc(=O)c2ccccc21)NS(=O)(=O)CC1CCCC1. The summed E-state index contributed by atoms with van der Waals surface area (Å²) in [7, 11) is -3.65. The molecular formula is C16H19N3O4S. The van der Waals surface area contributed by atoms with Crippen LogP contribution >= 0.6 is 0 Å². The molecule has 1 heterocycles. The fourth-order valence-electron chi connectivity index (χ4n) is 3.16. The van der Waals surface area contributed by atoms with E-state index in [1.807, 2.05) is 0 Å². The molecule has 128 valence electrons. The van der Waals surface area contributed by atoms with Gasteiger partial charge in [-0.3, -0.25) is 19.0 Å². The molecule has 0 spiro atoms. The minimum absolute atomic E-state index is 0.0168. The predicted molar refractivity (Wildman–Crippen MR) is 89.9 cm³/mol. The Balaban J connectivity index is 1.73. The van der Waals surface area contributed by atoms with Gasteiger partial charge in [0.2, 0.25) is 15.5 Å².